The van der Waals surface area contributed by atoms with Gasteiger partial charge in [0, 0.05) is 39.3 Å². The number of hydrogen-bond donors (Lipinski definition) is 1. The second-order valence-electron chi connectivity index (χ2n) is 8.50. The van der Waals surface area contributed by atoms with Crippen molar-refractivity contribution in [2.75, 3.05) is 12.9 Å². The summed E-state index contributed by atoms with van der Waals surface area (Å²) in [6.07, 6.45) is -3.10. The SMILES string of the molecule is CSC(=S)NC(=O)c1cn([C@@H]2O[C@H](COC(C)=O)[C@@H](OC(C)=O)[C@H](OC(C)=O)[C@H]2OC(C)=O)c2ccccc12. The molecule has 0 radical (unpaired) electrons. The molecule has 0 bridgehead atoms. The summed E-state index contributed by atoms with van der Waals surface area (Å²) in [4.78, 5) is 61.0. The van der Waals surface area contributed by atoms with Crippen LogP contribution in [0.3, 0.4) is 0 Å². The molecule has 1 aliphatic rings. The lowest BCUT2D eigenvalue weighted by Crippen LogP contribution is -2.60. The van der Waals surface area contributed by atoms with E-state index in [4.69, 9.17) is 35.9 Å². The maximum absolute atomic E-state index is 13.1. The zero-order valence-electron chi connectivity index (χ0n) is 21.8. The van der Waals surface area contributed by atoms with Gasteiger partial charge in [-0.15, -0.1) is 11.8 Å². The number of benzene rings is 1. The van der Waals surface area contributed by atoms with Crippen molar-refractivity contribution in [1.29, 1.82) is 0 Å². The number of aromatic nitrogens is 1. The predicted molar refractivity (Wildman–Crippen MR) is 143 cm³/mol. The lowest BCUT2D eigenvalue weighted by molar-refractivity contribution is -0.267. The molecule has 2 aromatic rings. The monoisotopic (exact) mass is 580 g/mol. The minimum Gasteiger partial charge on any atom is -0.463 e. The number of nitrogens with zero attached hydrogens (tertiary/aromatic N) is 1. The normalized spacial score (nSPS) is 22.4. The van der Waals surface area contributed by atoms with Gasteiger partial charge in [-0.05, 0) is 12.3 Å². The Bertz CT molecular complexity index is 1290. The zero-order chi connectivity index (χ0) is 28.9. The lowest BCUT2D eigenvalue weighted by Gasteiger charge is -2.44. The predicted octanol–water partition coefficient (Wildman–Crippen LogP) is 2.27. The molecule has 14 heteroatoms. The Hall–Kier alpha value is -3.49. The van der Waals surface area contributed by atoms with Crippen molar-refractivity contribution in [3.63, 3.8) is 0 Å². The summed E-state index contributed by atoms with van der Waals surface area (Å²) in [6, 6.07) is 6.91. The van der Waals surface area contributed by atoms with Crippen LogP contribution in [0, 0.1) is 0 Å². The van der Waals surface area contributed by atoms with Gasteiger partial charge in [0.1, 0.15) is 17.0 Å². The van der Waals surface area contributed by atoms with E-state index < -0.39 is 60.4 Å². The molecule has 1 aliphatic heterocycles. The fraction of sp³-hybridized carbons (Fsp3) is 0.440. The lowest BCUT2D eigenvalue weighted by atomic mass is 9.97. The molecule has 12 nitrogen and oxygen atoms in total. The third kappa shape index (κ3) is 7.34. The summed E-state index contributed by atoms with van der Waals surface area (Å²) in [5, 5.41) is 3.17. The quantitative estimate of drug-likeness (QED) is 0.291. The van der Waals surface area contributed by atoms with Crippen LogP contribution >= 0.6 is 24.0 Å². The highest BCUT2D eigenvalue weighted by Gasteiger charge is 2.53. The van der Waals surface area contributed by atoms with E-state index in [1.807, 2.05) is 0 Å². The molecule has 5 atom stereocenters. The second-order valence-corrected chi connectivity index (χ2v) is 9.99. The van der Waals surface area contributed by atoms with Crippen molar-refractivity contribution in [3.8, 4) is 0 Å². The molecule has 3 rings (SSSR count). The Morgan fingerprint density at radius 3 is 2.10 bits per heavy atom. The maximum Gasteiger partial charge on any atom is 0.303 e. The molecule has 0 spiro atoms. The highest BCUT2D eigenvalue weighted by molar-refractivity contribution is 8.22. The van der Waals surface area contributed by atoms with Gasteiger partial charge in [-0.25, -0.2) is 0 Å². The van der Waals surface area contributed by atoms with Crippen LogP contribution in [0.15, 0.2) is 30.5 Å². The van der Waals surface area contributed by atoms with E-state index in [0.717, 1.165) is 20.8 Å². The first-order chi connectivity index (χ1) is 18.4. The van der Waals surface area contributed by atoms with Gasteiger partial charge in [0.2, 0.25) is 0 Å². The summed E-state index contributed by atoms with van der Waals surface area (Å²) < 4.78 is 29.7. The number of amides is 1. The van der Waals surface area contributed by atoms with Gasteiger partial charge in [0.15, 0.2) is 24.5 Å². The first-order valence-corrected chi connectivity index (χ1v) is 13.4. The van der Waals surface area contributed by atoms with Crippen LogP contribution in [-0.2, 0) is 42.9 Å². The standard InChI is InChI=1S/C25H28N2O10S2/c1-12(28)33-11-19-20(34-13(2)29)21(35-14(3)30)22(36-15(4)31)24(37-19)27-10-17(23(32)26-25(38)39-5)16-8-6-7-9-18(16)27/h6-10,19-22,24H,11H2,1-5H3,(H,26,32,38)/t19-,20-,21+,22-,24-/m1/s1. The number of ether oxygens (including phenoxy) is 5. The summed E-state index contributed by atoms with van der Waals surface area (Å²) in [7, 11) is 0. The van der Waals surface area contributed by atoms with Gasteiger partial charge >= 0.3 is 23.9 Å². The van der Waals surface area contributed by atoms with E-state index in [1.165, 1.54) is 24.9 Å². The number of thiocarbonyl (C=S) groups is 1. The van der Waals surface area contributed by atoms with Crippen molar-refractivity contribution in [3.05, 3.63) is 36.0 Å². The number of thioether (sulfide) groups is 1. The van der Waals surface area contributed by atoms with Crippen molar-refractivity contribution >= 4 is 69.0 Å². The van der Waals surface area contributed by atoms with Crippen LogP contribution in [0.1, 0.15) is 44.3 Å². The van der Waals surface area contributed by atoms with Crippen molar-refractivity contribution < 1.29 is 47.7 Å². The second kappa shape index (κ2) is 13.0. The molecule has 0 saturated carbocycles. The van der Waals surface area contributed by atoms with E-state index in [1.54, 1.807) is 35.1 Å². The molecule has 1 saturated heterocycles. The molecule has 1 aromatic carbocycles. The first kappa shape index (κ1) is 30.1. The molecule has 1 aromatic heterocycles. The Labute approximate surface area is 233 Å². The number of rotatable bonds is 7. The number of carbonyl (C=O) groups excluding carboxylic acids is 5. The molecule has 1 N–H and O–H groups in total. The number of fused-ring (bicyclic) bond motifs is 1. The van der Waals surface area contributed by atoms with Crippen molar-refractivity contribution in [2.45, 2.75) is 58.3 Å². The topological polar surface area (TPSA) is 148 Å². The Balaban J connectivity index is 2.19. The van der Waals surface area contributed by atoms with Crippen LogP contribution in [-0.4, -0.2) is 76.0 Å². The van der Waals surface area contributed by atoms with Gasteiger partial charge in [0.25, 0.3) is 5.91 Å². The van der Waals surface area contributed by atoms with Crippen LogP contribution in [0.5, 0.6) is 0 Å². The summed E-state index contributed by atoms with van der Waals surface area (Å²) in [5.41, 5.74) is 0.758. The van der Waals surface area contributed by atoms with Crippen LogP contribution in [0.4, 0.5) is 0 Å². The number of carbonyl (C=O) groups is 5. The molecule has 0 unspecified atom stereocenters. The Kier molecular flexibility index (Phi) is 10.1. The molecule has 1 amide bonds. The minimum absolute atomic E-state index is 0.245. The van der Waals surface area contributed by atoms with E-state index in [2.05, 4.69) is 5.32 Å². The fourth-order valence-corrected chi connectivity index (χ4v) is 4.52. The molecule has 0 aliphatic carbocycles. The molecule has 2 heterocycles. The summed E-state index contributed by atoms with van der Waals surface area (Å²) >= 11 is 6.32. The van der Waals surface area contributed by atoms with Crippen molar-refractivity contribution in [1.82, 2.24) is 9.88 Å². The fourth-order valence-electron chi connectivity index (χ4n) is 4.24. The number of esters is 4. The van der Waals surface area contributed by atoms with Crippen LogP contribution in [0.25, 0.3) is 10.9 Å². The number of para-hydroxylation sites is 1. The number of nitrogens with one attached hydrogen (secondary N) is 1. The third-order valence-corrected chi connectivity index (χ3v) is 6.70. The molecule has 1 fully saturated rings. The zero-order valence-corrected chi connectivity index (χ0v) is 23.5. The average Bonchev–Trinajstić information content (AvgIpc) is 3.24. The smallest absolute Gasteiger partial charge is 0.303 e. The molecule has 39 heavy (non-hydrogen) atoms. The summed E-state index contributed by atoms with van der Waals surface area (Å²) in [5.74, 6) is -3.31. The van der Waals surface area contributed by atoms with Gasteiger partial charge in [-0.1, -0.05) is 30.4 Å². The Morgan fingerprint density at radius 2 is 1.51 bits per heavy atom. The van der Waals surface area contributed by atoms with Gasteiger partial charge in [-0.3, -0.25) is 24.0 Å². The molecular weight excluding hydrogens is 552 g/mol. The third-order valence-electron chi connectivity index (χ3n) is 5.63. The van der Waals surface area contributed by atoms with Gasteiger partial charge in [0.05, 0.1) is 11.1 Å². The maximum atomic E-state index is 13.1. The van der Waals surface area contributed by atoms with Gasteiger partial charge in [-0.2, -0.15) is 0 Å². The van der Waals surface area contributed by atoms with Crippen LogP contribution in [0.2, 0.25) is 0 Å². The van der Waals surface area contributed by atoms with Crippen molar-refractivity contribution in [2.24, 2.45) is 0 Å². The Morgan fingerprint density at radius 1 is 0.923 bits per heavy atom. The van der Waals surface area contributed by atoms with E-state index >= 15 is 0 Å². The minimum atomic E-state index is -1.35. The first-order valence-electron chi connectivity index (χ1n) is 11.7. The van der Waals surface area contributed by atoms with E-state index in [9.17, 15) is 24.0 Å². The molecule has 210 valence electrons. The van der Waals surface area contributed by atoms with Crippen LogP contribution < -0.4 is 5.32 Å². The average molecular weight is 581 g/mol. The number of hydrogen-bond acceptors (Lipinski definition) is 12. The van der Waals surface area contributed by atoms with E-state index in [-0.39, 0.29) is 16.5 Å². The molecular formula is C25H28N2O10S2. The van der Waals surface area contributed by atoms with E-state index in [0.29, 0.717) is 10.9 Å². The largest absolute Gasteiger partial charge is 0.463 e. The highest BCUT2D eigenvalue weighted by Crippen LogP contribution is 2.37. The summed E-state index contributed by atoms with van der Waals surface area (Å²) in [6.45, 7) is 4.26. The highest BCUT2D eigenvalue weighted by atomic mass is 32.2. The van der Waals surface area contributed by atoms with Gasteiger partial charge < -0.3 is 33.6 Å².